The van der Waals surface area contributed by atoms with E-state index in [1.54, 1.807) is 36.1 Å². The lowest BCUT2D eigenvalue weighted by molar-refractivity contribution is -0.133. The van der Waals surface area contributed by atoms with Gasteiger partial charge in [0.05, 0.1) is 6.54 Å². The highest BCUT2D eigenvalue weighted by Crippen LogP contribution is 2.49. The Morgan fingerprint density at radius 1 is 1.29 bits per heavy atom. The predicted molar refractivity (Wildman–Crippen MR) is 137 cm³/mol. The molecule has 8 nitrogen and oxygen atoms in total. The second-order valence-corrected chi connectivity index (χ2v) is 9.96. The van der Waals surface area contributed by atoms with Crippen molar-refractivity contribution in [2.24, 2.45) is 0 Å². The number of phenols is 1. The third-order valence-electron chi connectivity index (χ3n) is 7.33. The molecule has 1 saturated heterocycles. The van der Waals surface area contributed by atoms with Crippen LogP contribution in [0.25, 0.3) is 10.9 Å². The average Bonchev–Trinajstić information content (AvgIpc) is 3.30. The van der Waals surface area contributed by atoms with Gasteiger partial charge < -0.3 is 14.8 Å². The van der Waals surface area contributed by atoms with Gasteiger partial charge in [0.2, 0.25) is 0 Å². The monoisotopic (exact) mass is 522 g/mol. The molecule has 1 fully saturated rings. The number of hydrogen-bond donors (Lipinski definition) is 2. The first-order valence-electron chi connectivity index (χ1n) is 12.3. The minimum atomic E-state index is -2.97. The van der Waals surface area contributed by atoms with E-state index in [1.165, 1.54) is 23.1 Å². The van der Waals surface area contributed by atoms with Gasteiger partial charge in [0.1, 0.15) is 23.1 Å². The number of alkyl halides is 2. The number of carbonyl (C=O) groups is 2. The Morgan fingerprint density at radius 3 is 2.79 bits per heavy atom. The number of aromatic amines is 1. The van der Waals surface area contributed by atoms with Gasteiger partial charge in [-0.15, -0.1) is 6.42 Å². The summed E-state index contributed by atoms with van der Waals surface area (Å²) in [6.45, 7) is 0.0633. The lowest BCUT2D eigenvalue weighted by atomic mass is 9.81. The van der Waals surface area contributed by atoms with E-state index in [4.69, 9.17) is 6.42 Å². The zero-order chi connectivity index (χ0) is 27.2. The number of aromatic nitrogens is 1. The van der Waals surface area contributed by atoms with Crippen molar-refractivity contribution in [3.8, 4) is 23.8 Å². The lowest BCUT2D eigenvalue weighted by Crippen LogP contribution is -2.53. The molecule has 0 bridgehead atoms. The fraction of sp³-hybridized carbons (Fsp3) is 0.357. The van der Waals surface area contributed by atoms with Crippen LogP contribution in [0.5, 0.6) is 11.5 Å². The number of phenolic OH excluding ortho intramolecular Hbond substituents is 1. The number of amides is 3. The van der Waals surface area contributed by atoms with Gasteiger partial charge in [-0.2, -0.15) is 8.78 Å². The first-order valence-corrected chi connectivity index (χ1v) is 12.3. The van der Waals surface area contributed by atoms with E-state index in [-0.39, 0.29) is 30.4 Å². The van der Waals surface area contributed by atoms with Crippen molar-refractivity contribution >= 4 is 22.8 Å². The van der Waals surface area contributed by atoms with Crippen molar-refractivity contribution < 1.29 is 28.2 Å². The molecule has 38 heavy (non-hydrogen) atoms. The smallest absolute Gasteiger partial charge is 0.387 e. The van der Waals surface area contributed by atoms with Crippen molar-refractivity contribution in [3.05, 3.63) is 59.3 Å². The summed E-state index contributed by atoms with van der Waals surface area (Å²) in [7, 11) is 1.87. The maximum atomic E-state index is 13.8. The number of imide groups is 1. The molecule has 5 rings (SSSR count). The van der Waals surface area contributed by atoms with Crippen LogP contribution in [0.3, 0.4) is 0 Å². The number of urea groups is 1. The number of hydrogen-bond acceptors (Lipinski definition) is 5. The molecule has 2 aromatic carbocycles. The summed E-state index contributed by atoms with van der Waals surface area (Å²) >= 11 is 0. The highest BCUT2D eigenvalue weighted by molar-refractivity contribution is 6.08. The summed E-state index contributed by atoms with van der Waals surface area (Å²) in [4.78, 5) is 35.8. The Balaban J connectivity index is 1.59. The van der Waals surface area contributed by atoms with E-state index in [0.29, 0.717) is 41.7 Å². The molecule has 3 amide bonds. The number of benzene rings is 2. The third kappa shape index (κ3) is 4.23. The highest BCUT2D eigenvalue weighted by Gasteiger charge is 2.60. The van der Waals surface area contributed by atoms with Crippen LogP contribution in [0.4, 0.5) is 13.6 Å². The van der Waals surface area contributed by atoms with Crippen LogP contribution in [0.1, 0.15) is 36.2 Å². The van der Waals surface area contributed by atoms with E-state index in [0.717, 1.165) is 5.56 Å². The van der Waals surface area contributed by atoms with Gasteiger partial charge in [-0.3, -0.25) is 19.5 Å². The van der Waals surface area contributed by atoms with Crippen molar-refractivity contribution in [1.29, 1.82) is 0 Å². The molecule has 2 aliphatic rings. The zero-order valence-corrected chi connectivity index (χ0v) is 21.1. The fourth-order valence-corrected chi connectivity index (χ4v) is 5.64. The van der Waals surface area contributed by atoms with Gasteiger partial charge in [-0.25, -0.2) is 4.79 Å². The van der Waals surface area contributed by atoms with Gasteiger partial charge >= 0.3 is 12.6 Å². The maximum Gasteiger partial charge on any atom is 0.387 e. The molecule has 198 valence electrons. The van der Waals surface area contributed by atoms with Crippen LogP contribution in [0, 0.1) is 12.3 Å². The predicted octanol–water partition coefficient (Wildman–Crippen LogP) is 4.10. The minimum absolute atomic E-state index is 0.00216. The van der Waals surface area contributed by atoms with Gasteiger partial charge in [0.15, 0.2) is 0 Å². The van der Waals surface area contributed by atoms with Gasteiger partial charge in [-0.1, -0.05) is 18.1 Å². The second kappa shape index (κ2) is 9.65. The van der Waals surface area contributed by atoms with E-state index in [9.17, 15) is 23.5 Å². The summed E-state index contributed by atoms with van der Waals surface area (Å²) in [5.74, 6) is 2.27. The molecule has 0 aliphatic carbocycles. The number of ether oxygens (including phenoxy) is 1. The summed E-state index contributed by atoms with van der Waals surface area (Å²) in [5.41, 5.74) is 1.46. The molecular weight excluding hydrogens is 494 g/mol. The number of terminal acetylenes is 1. The number of nitrogens with one attached hydrogen (secondary N) is 1. The molecule has 0 spiro atoms. The topological polar surface area (TPSA) is 89.1 Å². The number of carbonyl (C=O) groups excluding carboxylic acids is 2. The minimum Gasteiger partial charge on any atom is -0.508 e. The molecule has 1 aromatic heterocycles. The van der Waals surface area contributed by atoms with Crippen LogP contribution in [0.2, 0.25) is 0 Å². The Hall–Kier alpha value is -4.10. The number of aromatic hydroxyl groups is 1. The van der Waals surface area contributed by atoms with Crippen molar-refractivity contribution in [2.45, 2.75) is 38.0 Å². The maximum absolute atomic E-state index is 13.8. The number of H-pyrrole nitrogens is 1. The van der Waals surface area contributed by atoms with Crippen molar-refractivity contribution in [1.82, 2.24) is 19.7 Å². The fourth-order valence-electron chi connectivity index (χ4n) is 5.64. The number of fused-ring (bicyclic) bond motifs is 4. The molecule has 2 atom stereocenters. The van der Waals surface area contributed by atoms with E-state index >= 15 is 0 Å². The molecule has 0 saturated carbocycles. The summed E-state index contributed by atoms with van der Waals surface area (Å²) < 4.78 is 30.5. The number of nitrogens with zero attached hydrogens (tertiary/aromatic N) is 3. The van der Waals surface area contributed by atoms with Crippen LogP contribution in [0.15, 0.2) is 42.5 Å². The Kier molecular flexibility index (Phi) is 6.49. The molecule has 0 radical (unpaired) electrons. The summed E-state index contributed by atoms with van der Waals surface area (Å²) in [6.07, 6.45) is 6.11. The largest absolute Gasteiger partial charge is 0.508 e. The van der Waals surface area contributed by atoms with Crippen LogP contribution in [-0.2, 0) is 11.2 Å². The number of halogens is 2. The van der Waals surface area contributed by atoms with Crippen molar-refractivity contribution in [3.63, 3.8) is 0 Å². The zero-order valence-electron chi connectivity index (χ0n) is 21.1. The molecule has 2 aliphatic heterocycles. The van der Waals surface area contributed by atoms with Gasteiger partial charge in [0, 0.05) is 36.1 Å². The van der Waals surface area contributed by atoms with E-state index in [1.807, 2.05) is 11.9 Å². The van der Waals surface area contributed by atoms with Crippen LogP contribution >= 0.6 is 0 Å². The SMILES string of the molecule is C#CCN(C)CCCN1C(=O)N2[C@H](c3cccc(O)c3)c3[nH]c4ccc(OC(F)F)cc4c3C[C@@]2(C)C1=O. The Morgan fingerprint density at radius 2 is 2.08 bits per heavy atom. The first-order chi connectivity index (χ1) is 18.1. The molecule has 2 N–H and O–H groups in total. The Labute approximate surface area is 218 Å². The lowest BCUT2D eigenvalue weighted by Gasteiger charge is -2.42. The van der Waals surface area contributed by atoms with Gasteiger partial charge in [0.25, 0.3) is 5.91 Å². The highest BCUT2D eigenvalue weighted by atomic mass is 19.3. The first kappa shape index (κ1) is 25.5. The normalized spacial score (nSPS) is 20.8. The molecule has 3 aromatic rings. The van der Waals surface area contributed by atoms with E-state index in [2.05, 4.69) is 15.6 Å². The average molecular weight is 523 g/mol. The molecule has 10 heteroatoms. The Bertz CT molecular complexity index is 1450. The third-order valence-corrected chi connectivity index (χ3v) is 7.33. The standard InChI is InChI=1S/C28H28F2N4O4/c1-4-11-32(3)12-6-13-33-25(36)28(2)16-21-20-15-19(38-26(29)30)9-10-22(20)31-23(21)24(34(28)27(33)37)17-7-5-8-18(35)14-17/h1,5,7-10,14-15,24,26,31,35H,6,11-13,16H2,2-3H3/t24-,28+/m1/s1. The molecule has 3 heterocycles. The van der Waals surface area contributed by atoms with Gasteiger partial charge in [-0.05, 0) is 61.9 Å². The number of rotatable bonds is 8. The van der Waals surface area contributed by atoms with Crippen LogP contribution in [-0.4, -0.2) is 75.6 Å². The van der Waals surface area contributed by atoms with Crippen molar-refractivity contribution in [2.75, 3.05) is 26.7 Å². The summed E-state index contributed by atoms with van der Waals surface area (Å²) in [6, 6.07) is 10.0. The quantitative estimate of drug-likeness (QED) is 0.344. The second-order valence-electron chi connectivity index (χ2n) is 9.96. The molecular formula is C28H28F2N4O4. The molecule has 0 unspecified atom stereocenters. The van der Waals surface area contributed by atoms with E-state index < -0.39 is 24.2 Å². The van der Waals surface area contributed by atoms with Crippen LogP contribution < -0.4 is 4.74 Å². The summed E-state index contributed by atoms with van der Waals surface area (Å²) in [5, 5.41) is 10.9.